The van der Waals surface area contributed by atoms with Crippen molar-refractivity contribution in [2.45, 2.75) is 82.1 Å². The summed E-state index contributed by atoms with van der Waals surface area (Å²) in [5.41, 5.74) is 1.94. The molecule has 4 fully saturated rings. The van der Waals surface area contributed by atoms with E-state index in [4.69, 9.17) is 0 Å². The van der Waals surface area contributed by atoms with Crippen molar-refractivity contribution in [3.8, 4) is 0 Å². The van der Waals surface area contributed by atoms with Gasteiger partial charge in [0.15, 0.2) is 0 Å². The van der Waals surface area contributed by atoms with Crippen LogP contribution in [0.2, 0.25) is 0 Å². The Kier molecular flexibility index (Phi) is 5.51. The number of rotatable bonds is 4. The Hall–Kier alpha value is -1.99. The number of likely N-dealkylation sites (tertiary alicyclic amines) is 1. The molecule has 1 saturated carbocycles. The largest absolute Gasteiger partial charge is 0.348 e. The third-order valence-corrected chi connectivity index (χ3v) is 8.31. The first-order valence-corrected chi connectivity index (χ1v) is 11.9. The number of carbonyl (C=O) groups is 2. The third-order valence-electron chi connectivity index (χ3n) is 8.31. The van der Waals surface area contributed by atoms with Crippen LogP contribution in [0.3, 0.4) is 0 Å². The van der Waals surface area contributed by atoms with E-state index in [2.05, 4.69) is 40.1 Å². The number of nitrogens with zero attached hydrogens (tertiary/aromatic N) is 4. The van der Waals surface area contributed by atoms with Gasteiger partial charge < -0.3 is 10.2 Å². The van der Waals surface area contributed by atoms with Gasteiger partial charge in [-0.1, -0.05) is 12.5 Å². The summed E-state index contributed by atoms with van der Waals surface area (Å²) >= 11 is 0. The number of likely N-dealkylation sites (N-methyl/N-ethyl adjacent to an activating group) is 1. The van der Waals surface area contributed by atoms with Crippen LogP contribution in [0.5, 0.6) is 0 Å². The summed E-state index contributed by atoms with van der Waals surface area (Å²) < 4.78 is 0. The highest BCUT2D eigenvalue weighted by atomic mass is 16.2. The predicted octanol–water partition coefficient (Wildman–Crippen LogP) is 1.70. The Labute approximate surface area is 185 Å². The number of nitrogens with one attached hydrogen (secondary N) is 1. The minimum atomic E-state index is -0.385. The molecule has 31 heavy (non-hydrogen) atoms. The standard InChI is InChI=1S/C24H35N5O2/c1-17-5-4-10-25-20(17)16-28-11-8-24(9-12-28)14-22(30)29-15-19(13-21(29)23(31)26-24)27(2)18-6-3-7-18/h4-5,10,18-19,21H,3,6-9,11-16H2,1-2H3,(H,26,31)/t19-,21-/m0/s1. The summed E-state index contributed by atoms with van der Waals surface area (Å²) in [5.74, 6) is 0.214. The predicted molar refractivity (Wildman–Crippen MR) is 118 cm³/mol. The molecule has 4 aliphatic rings. The van der Waals surface area contributed by atoms with Gasteiger partial charge in [0, 0.05) is 44.5 Å². The molecule has 4 heterocycles. The van der Waals surface area contributed by atoms with Gasteiger partial charge in [-0.3, -0.25) is 24.4 Å². The van der Waals surface area contributed by atoms with E-state index in [1.54, 1.807) is 0 Å². The molecular weight excluding hydrogens is 390 g/mol. The maximum absolute atomic E-state index is 13.2. The van der Waals surface area contributed by atoms with Gasteiger partial charge in [-0.25, -0.2) is 0 Å². The van der Waals surface area contributed by atoms with E-state index in [1.807, 2.05) is 17.2 Å². The second kappa shape index (κ2) is 8.17. The fraction of sp³-hybridized carbons (Fsp3) is 0.708. The molecule has 1 aliphatic carbocycles. The molecule has 0 aromatic carbocycles. The van der Waals surface area contributed by atoms with Crippen LogP contribution in [-0.4, -0.2) is 81.8 Å². The number of carbonyl (C=O) groups excluding carboxylic acids is 2. The SMILES string of the molecule is Cc1cccnc1CN1CCC2(CC1)CC(=O)N1C[C@@H](N(C)C3CCC3)C[C@H]1C(=O)N2. The van der Waals surface area contributed by atoms with Crippen LogP contribution in [-0.2, 0) is 16.1 Å². The van der Waals surface area contributed by atoms with Crippen LogP contribution in [0.15, 0.2) is 18.3 Å². The normalized spacial score (nSPS) is 29.1. The van der Waals surface area contributed by atoms with Crippen LogP contribution >= 0.6 is 0 Å². The summed E-state index contributed by atoms with van der Waals surface area (Å²) in [6.07, 6.45) is 8.49. The molecule has 7 nitrogen and oxygen atoms in total. The molecule has 0 bridgehead atoms. The third kappa shape index (κ3) is 3.98. The number of pyridine rings is 1. The van der Waals surface area contributed by atoms with Crippen LogP contribution < -0.4 is 5.32 Å². The van der Waals surface area contributed by atoms with Gasteiger partial charge in [0.05, 0.1) is 17.7 Å². The van der Waals surface area contributed by atoms with Gasteiger partial charge in [-0.2, -0.15) is 0 Å². The topological polar surface area (TPSA) is 68.8 Å². The highest BCUT2D eigenvalue weighted by Gasteiger charge is 2.50. The number of aromatic nitrogens is 1. The van der Waals surface area contributed by atoms with E-state index in [0.717, 1.165) is 44.6 Å². The Morgan fingerprint density at radius 2 is 2.00 bits per heavy atom. The van der Waals surface area contributed by atoms with E-state index in [1.165, 1.54) is 24.8 Å². The minimum absolute atomic E-state index is 0.0596. The lowest BCUT2D eigenvalue weighted by Crippen LogP contribution is -2.56. The first kappa shape index (κ1) is 20.9. The average Bonchev–Trinajstić information content (AvgIpc) is 3.13. The number of fused-ring (bicyclic) bond motifs is 1. The summed E-state index contributed by atoms with van der Waals surface area (Å²) in [4.78, 5) is 37.7. The van der Waals surface area contributed by atoms with Crippen molar-refractivity contribution in [2.24, 2.45) is 0 Å². The maximum atomic E-state index is 13.2. The molecule has 168 valence electrons. The van der Waals surface area contributed by atoms with Gasteiger partial charge in [0.1, 0.15) is 6.04 Å². The number of hydrogen-bond acceptors (Lipinski definition) is 5. The quantitative estimate of drug-likeness (QED) is 0.795. The van der Waals surface area contributed by atoms with Crippen molar-refractivity contribution in [2.75, 3.05) is 26.7 Å². The minimum Gasteiger partial charge on any atom is -0.348 e. The lowest BCUT2D eigenvalue weighted by molar-refractivity contribution is -0.135. The molecule has 3 saturated heterocycles. The van der Waals surface area contributed by atoms with Gasteiger partial charge in [-0.05, 0) is 57.7 Å². The van der Waals surface area contributed by atoms with E-state index >= 15 is 0 Å². The molecule has 0 unspecified atom stereocenters. The molecule has 5 rings (SSSR count). The van der Waals surface area contributed by atoms with E-state index in [9.17, 15) is 9.59 Å². The molecule has 0 radical (unpaired) electrons. The highest BCUT2D eigenvalue weighted by Crippen LogP contribution is 2.35. The van der Waals surface area contributed by atoms with Crippen LogP contribution in [0.4, 0.5) is 0 Å². The summed E-state index contributed by atoms with van der Waals surface area (Å²) in [7, 11) is 2.17. The lowest BCUT2D eigenvalue weighted by atomic mass is 9.84. The average molecular weight is 426 g/mol. The Morgan fingerprint density at radius 1 is 1.23 bits per heavy atom. The molecule has 7 heteroatoms. The van der Waals surface area contributed by atoms with E-state index in [0.29, 0.717) is 25.0 Å². The summed E-state index contributed by atoms with van der Waals surface area (Å²) in [5, 5.41) is 3.35. The zero-order valence-electron chi connectivity index (χ0n) is 18.8. The van der Waals surface area contributed by atoms with Gasteiger partial charge >= 0.3 is 0 Å². The highest BCUT2D eigenvalue weighted by molar-refractivity contribution is 5.92. The van der Waals surface area contributed by atoms with Crippen molar-refractivity contribution in [3.63, 3.8) is 0 Å². The summed E-state index contributed by atoms with van der Waals surface area (Å²) in [6.45, 7) is 5.38. The van der Waals surface area contributed by atoms with Crippen molar-refractivity contribution >= 4 is 11.8 Å². The fourth-order valence-electron chi connectivity index (χ4n) is 5.84. The van der Waals surface area contributed by atoms with Crippen molar-refractivity contribution in [1.29, 1.82) is 0 Å². The first-order valence-electron chi connectivity index (χ1n) is 11.9. The molecule has 2 atom stereocenters. The van der Waals surface area contributed by atoms with Gasteiger partial charge in [-0.15, -0.1) is 0 Å². The van der Waals surface area contributed by atoms with Crippen molar-refractivity contribution in [3.05, 3.63) is 29.6 Å². The monoisotopic (exact) mass is 425 g/mol. The number of amides is 2. The number of aryl methyl sites for hydroxylation is 1. The molecule has 1 spiro atoms. The maximum Gasteiger partial charge on any atom is 0.243 e. The number of piperidine rings is 1. The second-order valence-electron chi connectivity index (χ2n) is 10.2. The van der Waals surface area contributed by atoms with Gasteiger partial charge in [0.2, 0.25) is 11.8 Å². The first-order chi connectivity index (χ1) is 14.9. The number of hydrogen-bond donors (Lipinski definition) is 1. The Morgan fingerprint density at radius 3 is 2.68 bits per heavy atom. The second-order valence-corrected chi connectivity index (χ2v) is 10.2. The fourth-order valence-corrected chi connectivity index (χ4v) is 5.84. The van der Waals surface area contributed by atoms with Crippen molar-refractivity contribution < 1.29 is 9.59 Å². The van der Waals surface area contributed by atoms with Crippen LogP contribution in [0.25, 0.3) is 0 Å². The molecule has 3 aliphatic heterocycles. The van der Waals surface area contributed by atoms with Crippen LogP contribution in [0, 0.1) is 6.92 Å². The molecule has 2 amide bonds. The lowest BCUT2D eigenvalue weighted by Gasteiger charge is -2.41. The van der Waals surface area contributed by atoms with Crippen LogP contribution in [0.1, 0.15) is 56.2 Å². The summed E-state index contributed by atoms with van der Waals surface area (Å²) in [6, 6.07) is 4.71. The van der Waals surface area contributed by atoms with Crippen molar-refractivity contribution in [1.82, 2.24) is 25.0 Å². The Balaban J connectivity index is 1.22. The van der Waals surface area contributed by atoms with Gasteiger partial charge in [0.25, 0.3) is 0 Å². The molecule has 1 aromatic heterocycles. The molecular formula is C24H35N5O2. The smallest absolute Gasteiger partial charge is 0.243 e. The van der Waals surface area contributed by atoms with E-state index in [-0.39, 0.29) is 23.4 Å². The van der Waals surface area contributed by atoms with E-state index < -0.39 is 0 Å². The zero-order valence-corrected chi connectivity index (χ0v) is 18.8. The molecule has 1 aromatic rings. The zero-order chi connectivity index (χ0) is 21.6. The Bertz CT molecular complexity index is 818. The molecule has 1 N–H and O–H groups in total.